The summed E-state index contributed by atoms with van der Waals surface area (Å²) in [5.41, 5.74) is 1.44. The first-order valence-corrected chi connectivity index (χ1v) is 8.40. The molecular formula is C13H26N4O3S. The smallest absolute Gasteiger partial charge is 0.262 e. The number of nitrogens with zero attached hydrogens (tertiary/aromatic N) is 2. The van der Waals surface area contributed by atoms with Crippen LogP contribution >= 0.6 is 0 Å². The monoisotopic (exact) mass is 318 g/mol. The molecule has 7 nitrogen and oxygen atoms in total. The topological polar surface area (TPSA) is 87.3 Å². The van der Waals surface area contributed by atoms with Gasteiger partial charge in [-0.3, -0.25) is 5.10 Å². The third kappa shape index (κ3) is 4.26. The number of H-pyrrole nitrogens is 1. The first-order chi connectivity index (χ1) is 9.71. The van der Waals surface area contributed by atoms with Crippen LogP contribution in [-0.4, -0.2) is 55.8 Å². The van der Waals surface area contributed by atoms with E-state index in [2.05, 4.69) is 15.5 Å². The first kappa shape index (κ1) is 18.1. The van der Waals surface area contributed by atoms with E-state index in [4.69, 9.17) is 4.74 Å². The second-order valence-electron chi connectivity index (χ2n) is 5.49. The molecule has 0 radical (unpaired) electrons. The van der Waals surface area contributed by atoms with Crippen LogP contribution in [0.15, 0.2) is 5.03 Å². The zero-order valence-corrected chi connectivity index (χ0v) is 14.4. The van der Waals surface area contributed by atoms with Gasteiger partial charge in [-0.25, -0.2) is 8.42 Å². The third-order valence-electron chi connectivity index (χ3n) is 3.38. The van der Waals surface area contributed by atoms with Gasteiger partial charge in [-0.15, -0.1) is 0 Å². The number of hydrogen-bond donors (Lipinski definition) is 2. The van der Waals surface area contributed by atoms with Gasteiger partial charge in [0.05, 0.1) is 6.61 Å². The van der Waals surface area contributed by atoms with Crippen molar-refractivity contribution in [3.63, 3.8) is 0 Å². The molecule has 1 aromatic rings. The Morgan fingerprint density at radius 2 is 2.00 bits per heavy atom. The molecule has 8 heteroatoms. The number of sulfonamides is 1. The number of aromatic amines is 1. The second kappa shape index (κ2) is 7.35. The Morgan fingerprint density at radius 3 is 2.52 bits per heavy atom. The molecule has 122 valence electrons. The van der Waals surface area contributed by atoms with Crippen molar-refractivity contribution in [3.05, 3.63) is 11.3 Å². The molecule has 0 aliphatic heterocycles. The number of likely N-dealkylation sites (N-methyl/N-ethyl adjacent to an activating group) is 1. The molecule has 0 aliphatic carbocycles. The van der Waals surface area contributed by atoms with Gasteiger partial charge in [0.15, 0.2) is 5.03 Å². The molecule has 0 fully saturated rings. The zero-order valence-electron chi connectivity index (χ0n) is 13.6. The fourth-order valence-electron chi connectivity index (χ4n) is 1.88. The van der Waals surface area contributed by atoms with Crippen molar-refractivity contribution < 1.29 is 13.2 Å². The lowest BCUT2D eigenvalue weighted by Gasteiger charge is -2.23. The lowest BCUT2D eigenvalue weighted by atomic mass is 10.2. The summed E-state index contributed by atoms with van der Waals surface area (Å²) < 4.78 is 31.7. The van der Waals surface area contributed by atoms with Crippen LogP contribution in [0.25, 0.3) is 0 Å². The van der Waals surface area contributed by atoms with Crippen molar-refractivity contribution >= 4 is 10.0 Å². The van der Waals surface area contributed by atoms with Gasteiger partial charge in [-0.2, -0.15) is 9.40 Å². The summed E-state index contributed by atoms with van der Waals surface area (Å²) in [5.74, 6) is 0. The van der Waals surface area contributed by atoms with Crippen LogP contribution in [0.5, 0.6) is 0 Å². The van der Waals surface area contributed by atoms with E-state index in [9.17, 15) is 8.42 Å². The quantitative estimate of drug-likeness (QED) is 0.743. The van der Waals surface area contributed by atoms with E-state index in [-0.39, 0.29) is 17.1 Å². The van der Waals surface area contributed by atoms with Crippen LogP contribution in [0, 0.1) is 6.92 Å². The molecule has 1 atom stereocenters. The van der Waals surface area contributed by atoms with Gasteiger partial charge in [0.1, 0.15) is 0 Å². The summed E-state index contributed by atoms with van der Waals surface area (Å²) in [4.78, 5) is 0. The average Bonchev–Trinajstić information content (AvgIpc) is 2.77. The van der Waals surface area contributed by atoms with Gasteiger partial charge in [-0.1, -0.05) is 13.8 Å². The number of ether oxygens (including phenoxy) is 1. The normalized spacial score (nSPS) is 14.1. The maximum atomic E-state index is 12.7. The Labute approximate surface area is 127 Å². The Hall–Kier alpha value is -0.960. The molecule has 1 rings (SSSR count). The minimum absolute atomic E-state index is 0.0820. The predicted molar refractivity (Wildman–Crippen MR) is 81.6 cm³/mol. The van der Waals surface area contributed by atoms with E-state index in [1.54, 1.807) is 21.1 Å². The molecule has 0 spiro atoms. The summed E-state index contributed by atoms with van der Waals surface area (Å²) in [7, 11) is -0.554. The zero-order chi connectivity index (χ0) is 16.2. The number of aromatic nitrogens is 2. The van der Waals surface area contributed by atoms with Crippen molar-refractivity contribution in [2.24, 2.45) is 0 Å². The van der Waals surface area contributed by atoms with Crippen molar-refractivity contribution in [3.8, 4) is 0 Å². The number of nitrogens with one attached hydrogen (secondary N) is 2. The summed E-state index contributed by atoms with van der Waals surface area (Å²) in [6, 6.07) is 0.00270. The van der Waals surface area contributed by atoms with Crippen LogP contribution in [0.2, 0.25) is 0 Å². The van der Waals surface area contributed by atoms with E-state index in [0.29, 0.717) is 18.7 Å². The fourth-order valence-corrected chi connectivity index (χ4v) is 3.38. The standard InChI is InChI=1S/C13H26N4O3S/c1-9(2)14-7-12-11(4)15-16-13(12)21(18,19)17(5)10(3)8-20-6/h9-10,14H,7-8H2,1-6H3,(H,15,16). The maximum absolute atomic E-state index is 12.7. The molecule has 2 N–H and O–H groups in total. The SMILES string of the molecule is COCC(C)N(C)S(=O)(=O)c1n[nH]c(C)c1CNC(C)C. The van der Waals surface area contributed by atoms with Crippen molar-refractivity contribution in [1.82, 2.24) is 19.8 Å². The number of methoxy groups -OCH3 is 1. The highest BCUT2D eigenvalue weighted by Crippen LogP contribution is 2.21. The van der Waals surface area contributed by atoms with Gasteiger partial charge < -0.3 is 10.1 Å². The minimum Gasteiger partial charge on any atom is -0.383 e. The number of rotatable bonds is 8. The summed E-state index contributed by atoms with van der Waals surface area (Å²) >= 11 is 0. The summed E-state index contributed by atoms with van der Waals surface area (Å²) in [6.07, 6.45) is 0. The van der Waals surface area contributed by atoms with Gasteiger partial charge in [0.25, 0.3) is 10.0 Å². The highest BCUT2D eigenvalue weighted by Gasteiger charge is 2.31. The van der Waals surface area contributed by atoms with E-state index >= 15 is 0 Å². The van der Waals surface area contributed by atoms with E-state index in [1.165, 1.54) is 4.31 Å². The van der Waals surface area contributed by atoms with E-state index < -0.39 is 10.0 Å². The lowest BCUT2D eigenvalue weighted by Crippen LogP contribution is -2.38. The van der Waals surface area contributed by atoms with Gasteiger partial charge >= 0.3 is 0 Å². The first-order valence-electron chi connectivity index (χ1n) is 6.96. The van der Waals surface area contributed by atoms with Crippen molar-refractivity contribution in [1.29, 1.82) is 0 Å². The molecule has 0 aromatic carbocycles. The molecule has 21 heavy (non-hydrogen) atoms. The van der Waals surface area contributed by atoms with Gasteiger partial charge in [-0.05, 0) is 13.8 Å². The molecule has 0 bridgehead atoms. The average molecular weight is 318 g/mol. The molecular weight excluding hydrogens is 292 g/mol. The van der Waals surface area contributed by atoms with Crippen LogP contribution in [0.3, 0.4) is 0 Å². The number of aryl methyl sites for hydroxylation is 1. The summed E-state index contributed by atoms with van der Waals surface area (Å²) in [5, 5.41) is 10.1. The molecule has 0 aliphatic rings. The largest absolute Gasteiger partial charge is 0.383 e. The van der Waals surface area contributed by atoms with Crippen LogP contribution < -0.4 is 5.32 Å². The Kier molecular flexibility index (Phi) is 6.33. The molecule has 0 saturated heterocycles. The van der Waals surface area contributed by atoms with Gasteiger partial charge in [0, 0.05) is 44.0 Å². The van der Waals surface area contributed by atoms with Crippen molar-refractivity contribution in [2.75, 3.05) is 20.8 Å². The van der Waals surface area contributed by atoms with Crippen LogP contribution in [0.4, 0.5) is 0 Å². The van der Waals surface area contributed by atoms with Gasteiger partial charge in [0.2, 0.25) is 0 Å². The number of hydrogen-bond acceptors (Lipinski definition) is 5. The second-order valence-corrected chi connectivity index (χ2v) is 7.41. The Morgan fingerprint density at radius 1 is 1.38 bits per heavy atom. The molecule has 1 heterocycles. The highest BCUT2D eigenvalue weighted by molar-refractivity contribution is 7.89. The maximum Gasteiger partial charge on any atom is 0.262 e. The van der Waals surface area contributed by atoms with E-state index in [0.717, 1.165) is 5.69 Å². The minimum atomic E-state index is -3.65. The third-order valence-corrected chi connectivity index (χ3v) is 5.32. The van der Waals surface area contributed by atoms with Crippen LogP contribution in [-0.2, 0) is 21.3 Å². The molecule has 0 amide bonds. The molecule has 0 saturated carbocycles. The Balaban J connectivity index is 3.08. The van der Waals surface area contributed by atoms with Crippen molar-refractivity contribution in [2.45, 2.75) is 51.3 Å². The van der Waals surface area contributed by atoms with E-state index in [1.807, 2.05) is 20.8 Å². The van der Waals surface area contributed by atoms with Crippen LogP contribution in [0.1, 0.15) is 32.0 Å². The molecule has 1 aromatic heterocycles. The fraction of sp³-hybridized carbons (Fsp3) is 0.769. The molecule has 1 unspecified atom stereocenters. The predicted octanol–water partition coefficient (Wildman–Crippen LogP) is 0.872. The Bertz CT molecular complexity index is 554. The highest BCUT2D eigenvalue weighted by atomic mass is 32.2. The lowest BCUT2D eigenvalue weighted by molar-refractivity contribution is 0.149. The summed E-state index contributed by atoms with van der Waals surface area (Å²) in [6.45, 7) is 8.43.